The zero-order chi connectivity index (χ0) is 20.8. The molecule has 1 atom stereocenters. The molecule has 1 unspecified atom stereocenters. The van der Waals surface area contributed by atoms with E-state index in [0.717, 1.165) is 16.8 Å². The van der Waals surface area contributed by atoms with Crippen LogP contribution in [-0.4, -0.2) is 29.6 Å². The van der Waals surface area contributed by atoms with Crippen LogP contribution in [0.4, 0.5) is 4.39 Å². The summed E-state index contributed by atoms with van der Waals surface area (Å²) in [6.07, 6.45) is 0.939. The van der Waals surface area contributed by atoms with Crippen molar-refractivity contribution >= 4 is 34.8 Å². The Morgan fingerprint density at radius 1 is 1.14 bits per heavy atom. The van der Waals surface area contributed by atoms with Gasteiger partial charge in [0.2, 0.25) is 5.91 Å². The number of likely N-dealkylation sites (tertiary alicyclic amines) is 1. The van der Waals surface area contributed by atoms with Crippen molar-refractivity contribution in [3.63, 3.8) is 0 Å². The minimum atomic E-state index is -1.48. The molecule has 0 radical (unpaired) electrons. The minimum Gasteiger partial charge on any atom is -0.384 e. The standard InChI is InChI=1S/C22H21Cl2FN2O2/c1-3-20(28)27-12-22(25,13-27)15-6-4-14(5-7-15)19-11-21(2,29-26-19)16-8-17(23)10-18(24)9-16/h4-10H,3,11-13H2,1-2H3. The molecule has 2 aromatic rings. The van der Waals surface area contributed by atoms with Crippen molar-refractivity contribution in [1.82, 2.24) is 4.90 Å². The maximum Gasteiger partial charge on any atom is 0.222 e. The van der Waals surface area contributed by atoms with Crippen molar-refractivity contribution in [3.05, 3.63) is 69.2 Å². The van der Waals surface area contributed by atoms with Gasteiger partial charge in [-0.2, -0.15) is 0 Å². The molecule has 2 aliphatic rings. The number of nitrogens with zero attached hydrogens (tertiary/aromatic N) is 2. The first-order valence-corrected chi connectivity index (χ1v) is 10.3. The molecule has 1 fully saturated rings. The highest BCUT2D eigenvalue weighted by Gasteiger charge is 2.46. The van der Waals surface area contributed by atoms with Crippen LogP contribution in [0.1, 0.15) is 43.4 Å². The van der Waals surface area contributed by atoms with Gasteiger partial charge in [0.1, 0.15) is 0 Å². The molecule has 2 aliphatic heterocycles. The van der Waals surface area contributed by atoms with Crippen LogP contribution in [-0.2, 0) is 20.9 Å². The number of rotatable bonds is 4. The van der Waals surface area contributed by atoms with E-state index in [1.54, 1.807) is 30.0 Å². The second-order valence-electron chi connectivity index (χ2n) is 7.84. The Morgan fingerprint density at radius 3 is 2.34 bits per heavy atom. The maximum absolute atomic E-state index is 15.0. The van der Waals surface area contributed by atoms with Gasteiger partial charge in [0.25, 0.3) is 0 Å². The number of hydrogen-bond acceptors (Lipinski definition) is 3. The Morgan fingerprint density at radius 2 is 1.76 bits per heavy atom. The van der Waals surface area contributed by atoms with Gasteiger partial charge in [-0.3, -0.25) is 4.79 Å². The van der Waals surface area contributed by atoms with Gasteiger partial charge in [0.15, 0.2) is 11.3 Å². The quantitative estimate of drug-likeness (QED) is 0.641. The molecule has 0 aliphatic carbocycles. The fourth-order valence-electron chi connectivity index (χ4n) is 3.81. The summed E-state index contributed by atoms with van der Waals surface area (Å²) in [4.78, 5) is 19.0. The fraction of sp³-hybridized carbons (Fsp3) is 0.364. The molecule has 1 saturated heterocycles. The Kier molecular flexibility index (Phi) is 5.07. The topological polar surface area (TPSA) is 41.9 Å². The molecule has 7 heteroatoms. The van der Waals surface area contributed by atoms with Crippen molar-refractivity contribution in [2.24, 2.45) is 5.16 Å². The summed E-state index contributed by atoms with van der Waals surface area (Å²) >= 11 is 12.2. The summed E-state index contributed by atoms with van der Waals surface area (Å²) in [5.74, 6) is -0.0206. The van der Waals surface area contributed by atoms with E-state index in [4.69, 9.17) is 28.0 Å². The van der Waals surface area contributed by atoms with Gasteiger partial charge in [-0.15, -0.1) is 0 Å². The maximum atomic E-state index is 15.0. The van der Waals surface area contributed by atoms with Gasteiger partial charge in [-0.1, -0.05) is 59.5 Å². The Hall–Kier alpha value is -2.11. The first-order valence-electron chi connectivity index (χ1n) is 9.52. The number of carbonyl (C=O) groups is 1. The van der Waals surface area contributed by atoms with E-state index >= 15 is 4.39 Å². The van der Waals surface area contributed by atoms with Crippen LogP contribution in [0, 0.1) is 0 Å². The first-order chi connectivity index (χ1) is 13.7. The molecule has 0 N–H and O–H groups in total. The predicted molar refractivity (Wildman–Crippen MR) is 112 cm³/mol. The van der Waals surface area contributed by atoms with Crippen molar-refractivity contribution < 1.29 is 14.0 Å². The molecular weight excluding hydrogens is 414 g/mol. The van der Waals surface area contributed by atoms with Gasteiger partial charge >= 0.3 is 0 Å². The second kappa shape index (κ2) is 7.29. The van der Waals surface area contributed by atoms with Crippen LogP contribution < -0.4 is 0 Å². The lowest BCUT2D eigenvalue weighted by molar-refractivity contribution is -0.145. The summed E-state index contributed by atoms with van der Waals surface area (Å²) in [6.45, 7) is 3.93. The number of alkyl halides is 1. The number of halogens is 3. The highest BCUT2D eigenvalue weighted by molar-refractivity contribution is 6.34. The second-order valence-corrected chi connectivity index (χ2v) is 8.71. The van der Waals surface area contributed by atoms with E-state index in [9.17, 15) is 4.79 Å². The van der Waals surface area contributed by atoms with Crippen LogP contribution in [0.15, 0.2) is 47.6 Å². The Bertz CT molecular complexity index is 967. The third-order valence-electron chi connectivity index (χ3n) is 5.61. The van der Waals surface area contributed by atoms with Gasteiger partial charge in [0.05, 0.1) is 18.8 Å². The summed E-state index contributed by atoms with van der Waals surface area (Å²) in [5, 5.41) is 5.33. The van der Waals surface area contributed by atoms with Crippen molar-refractivity contribution in [1.29, 1.82) is 0 Å². The van der Waals surface area contributed by atoms with Crippen molar-refractivity contribution in [2.75, 3.05) is 13.1 Å². The highest BCUT2D eigenvalue weighted by atomic mass is 35.5. The fourth-order valence-corrected chi connectivity index (χ4v) is 4.34. The Balaban J connectivity index is 1.47. The number of oxime groups is 1. The van der Waals surface area contributed by atoms with Gasteiger partial charge < -0.3 is 9.74 Å². The molecule has 29 heavy (non-hydrogen) atoms. The van der Waals surface area contributed by atoms with E-state index in [1.807, 2.05) is 31.2 Å². The van der Waals surface area contributed by atoms with Crippen molar-refractivity contribution in [2.45, 2.75) is 38.0 Å². The number of amides is 1. The van der Waals surface area contributed by atoms with Crippen molar-refractivity contribution in [3.8, 4) is 0 Å². The van der Waals surface area contributed by atoms with E-state index in [2.05, 4.69) is 5.16 Å². The molecule has 4 nitrogen and oxygen atoms in total. The first kappa shape index (κ1) is 20.2. The summed E-state index contributed by atoms with van der Waals surface area (Å²) < 4.78 is 15.0. The molecule has 2 aromatic carbocycles. The smallest absolute Gasteiger partial charge is 0.222 e. The lowest BCUT2D eigenvalue weighted by Crippen LogP contribution is -2.58. The number of carbonyl (C=O) groups excluding carboxylic acids is 1. The van der Waals surface area contributed by atoms with E-state index in [0.29, 0.717) is 28.5 Å². The Labute approximate surface area is 179 Å². The molecule has 0 saturated carbocycles. The average Bonchev–Trinajstić information content (AvgIpc) is 3.08. The van der Waals surface area contributed by atoms with Gasteiger partial charge in [-0.05, 0) is 36.2 Å². The van der Waals surface area contributed by atoms with E-state index in [1.165, 1.54) is 0 Å². The molecule has 0 bridgehead atoms. The molecule has 1 amide bonds. The zero-order valence-electron chi connectivity index (χ0n) is 16.2. The van der Waals surface area contributed by atoms with E-state index in [-0.39, 0.29) is 19.0 Å². The molecule has 0 spiro atoms. The SMILES string of the molecule is CCC(=O)N1CC(F)(c2ccc(C3=NOC(C)(c4cc(Cl)cc(Cl)c4)C3)cc2)C1. The molecule has 0 aromatic heterocycles. The van der Waals surface area contributed by atoms with Crippen LogP contribution in [0.5, 0.6) is 0 Å². The van der Waals surface area contributed by atoms with E-state index < -0.39 is 11.3 Å². The molecule has 152 valence electrons. The average molecular weight is 435 g/mol. The summed E-state index contributed by atoms with van der Waals surface area (Å²) in [7, 11) is 0. The third kappa shape index (κ3) is 3.74. The van der Waals surface area contributed by atoms with Crippen LogP contribution >= 0.6 is 23.2 Å². The zero-order valence-corrected chi connectivity index (χ0v) is 17.7. The normalized spacial score (nSPS) is 22.7. The monoisotopic (exact) mass is 434 g/mol. The van der Waals surface area contributed by atoms with Crippen LogP contribution in [0.2, 0.25) is 10.0 Å². The predicted octanol–water partition coefficient (Wildman–Crippen LogP) is 5.45. The summed E-state index contributed by atoms with van der Waals surface area (Å²) in [5.41, 5.74) is 0.922. The molecular formula is C22H21Cl2FN2O2. The molecule has 4 rings (SSSR count). The summed E-state index contributed by atoms with van der Waals surface area (Å²) in [6, 6.07) is 12.5. The highest BCUT2D eigenvalue weighted by Crippen LogP contribution is 2.39. The number of benzene rings is 2. The lowest BCUT2D eigenvalue weighted by Gasteiger charge is -2.44. The van der Waals surface area contributed by atoms with Gasteiger partial charge in [0, 0.05) is 28.5 Å². The van der Waals surface area contributed by atoms with Gasteiger partial charge in [-0.25, -0.2) is 4.39 Å². The minimum absolute atomic E-state index is 0.0206. The molecule has 2 heterocycles. The third-order valence-corrected chi connectivity index (χ3v) is 6.05. The largest absolute Gasteiger partial charge is 0.384 e. The van der Waals surface area contributed by atoms with Crippen LogP contribution in [0.25, 0.3) is 0 Å². The number of hydrogen-bond donors (Lipinski definition) is 0. The van der Waals surface area contributed by atoms with Crippen LogP contribution in [0.3, 0.4) is 0 Å². The lowest BCUT2D eigenvalue weighted by atomic mass is 9.85.